The van der Waals surface area contributed by atoms with Crippen LogP contribution in [0.25, 0.3) is 0 Å². The van der Waals surface area contributed by atoms with E-state index >= 15 is 0 Å². The monoisotopic (exact) mass is 241 g/mol. The molecule has 0 aromatic heterocycles. The highest BCUT2D eigenvalue weighted by Gasteiger charge is 2.14. The summed E-state index contributed by atoms with van der Waals surface area (Å²) in [6.07, 6.45) is 11.4. The van der Waals surface area contributed by atoms with E-state index in [-0.39, 0.29) is 0 Å². The minimum Gasteiger partial charge on any atom is -0.481 e. The third-order valence-corrected chi connectivity index (χ3v) is 3.65. The average Bonchev–Trinajstić information content (AvgIpc) is 2.29. The summed E-state index contributed by atoms with van der Waals surface area (Å²) >= 11 is 0. The topological polar surface area (TPSA) is 49.3 Å². The summed E-state index contributed by atoms with van der Waals surface area (Å²) in [6, 6.07) is 1.32. The predicted molar refractivity (Wildman–Crippen MR) is 70.2 cm³/mol. The highest BCUT2D eigenvalue weighted by molar-refractivity contribution is 5.66. The second kappa shape index (κ2) is 8.51. The number of hydrogen-bond donors (Lipinski definition) is 2. The number of carbonyl (C=O) groups is 1. The van der Waals surface area contributed by atoms with Gasteiger partial charge in [0.05, 0.1) is 0 Å². The van der Waals surface area contributed by atoms with Crippen LogP contribution in [0.4, 0.5) is 0 Å². The smallest absolute Gasteiger partial charge is 0.303 e. The van der Waals surface area contributed by atoms with Gasteiger partial charge < -0.3 is 10.4 Å². The van der Waals surface area contributed by atoms with Crippen molar-refractivity contribution in [2.24, 2.45) is 0 Å². The molecule has 3 nitrogen and oxygen atoms in total. The molecule has 100 valence electrons. The van der Waals surface area contributed by atoms with Crippen molar-refractivity contribution in [3.8, 4) is 0 Å². The lowest BCUT2D eigenvalue weighted by Gasteiger charge is -2.26. The number of carboxylic acid groups (broad SMARTS) is 1. The second-order valence-corrected chi connectivity index (χ2v) is 5.40. The molecule has 3 heteroatoms. The molecule has 1 rings (SSSR count). The van der Waals surface area contributed by atoms with Crippen LogP contribution in [0.15, 0.2) is 0 Å². The summed E-state index contributed by atoms with van der Waals surface area (Å²) in [4.78, 5) is 10.3. The molecular formula is C14H27NO2. The zero-order valence-corrected chi connectivity index (χ0v) is 11.1. The lowest BCUT2D eigenvalue weighted by molar-refractivity contribution is -0.137. The van der Waals surface area contributed by atoms with E-state index in [4.69, 9.17) is 5.11 Å². The average molecular weight is 241 g/mol. The van der Waals surface area contributed by atoms with E-state index in [1.54, 1.807) is 0 Å². The first-order valence-electron chi connectivity index (χ1n) is 7.16. The lowest BCUT2D eigenvalue weighted by atomic mass is 9.94. The maximum absolute atomic E-state index is 10.3. The van der Waals surface area contributed by atoms with E-state index in [0.29, 0.717) is 12.5 Å². The molecule has 0 bridgehead atoms. The van der Waals surface area contributed by atoms with Crippen molar-refractivity contribution in [2.45, 2.75) is 83.2 Å². The molecule has 0 aliphatic heterocycles. The molecule has 0 saturated heterocycles. The molecule has 1 aliphatic rings. The number of nitrogens with one attached hydrogen (secondary N) is 1. The minimum absolute atomic E-state index is 0.324. The summed E-state index contributed by atoms with van der Waals surface area (Å²) in [5.41, 5.74) is 0. The predicted octanol–water partition coefficient (Wildman–Crippen LogP) is 3.33. The van der Waals surface area contributed by atoms with E-state index in [0.717, 1.165) is 25.3 Å². The van der Waals surface area contributed by atoms with E-state index in [9.17, 15) is 4.79 Å². The molecule has 0 heterocycles. The normalized spacial score (nSPS) is 19.1. The standard InChI is InChI=1S/C14H27NO2/c1-12(8-4-2-7-11-14(16)17)15-13-9-5-3-6-10-13/h12-13,15H,2-11H2,1H3,(H,16,17). The van der Waals surface area contributed by atoms with Crippen LogP contribution < -0.4 is 5.32 Å². The van der Waals surface area contributed by atoms with Gasteiger partial charge in [-0.3, -0.25) is 4.79 Å². The molecule has 0 spiro atoms. The molecule has 0 aromatic rings. The Balaban J connectivity index is 1.96. The van der Waals surface area contributed by atoms with Gasteiger partial charge in [-0.1, -0.05) is 32.1 Å². The number of unbranched alkanes of at least 4 members (excludes halogenated alkanes) is 2. The Hall–Kier alpha value is -0.570. The molecule has 2 N–H and O–H groups in total. The van der Waals surface area contributed by atoms with Crippen LogP contribution >= 0.6 is 0 Å². The molecule has 0 aromatic carbocycles. The molecule has 1 atom stereocenters. The van der Waals surface area contributed by atoms with Gasteiger partial charge in [-0.25, -0.2) is 0 Å². The maximum Gasteiger partial charge on any atom is 0.303 e. The van der Waals surface area contributed by atoms with Crippen molar-refractivity contribution < 1.29 is 9.90 Å². The summed E-state index contributed by atoms with van der Waals surface area (Å²) < 4.78 is 0. The number of rotatable bonds is 8. The Bertz CT molecular complexity index is 212. The molecule has 1 fully saturated rings. The van der Waals surface area contributed by atoms with Crippen molar-refractivity contribution in [1.82, 2.24) is 5.32 Å². The first-order chi connectivity index (χ1) is 8.18. The third-order valence-electron chi connectivity index (χ3n) is 3.65. The molecule has 17 heavy (non-hydrogen) atoms. The van der Waals surface area contributed by atoms with Gasteiger partial charge in [-0.15, -0.1) is 0 Å². The number of hydrogen-bond acceptors (Lipinski definition) is 2. The first-order valence-corrected chi connectivity index (χ1v) is 7.16. The Kier molecular flexibility index (Phi) is 7.25. The van der Waals surface area contributed by atoms with E-state index in [1.807, 2.05) is 0 Å². The fraction of sp³-hybridized carbons (Fsp3) is 0.929. The first kappa shape index (κ1) is 14.5. The van der Waals surface area contributed by atoms with Crippen molar-refractivity contribution in [1.29, 1.82) is 0 Å². The maximum atomic E-state index is 10.3. The van der Waals surface area contributed by atoms with Crippen LogP contribution in [-0.4, -0.2) is 23.2 Å². The van der Waals surface area contributed by atoms with Gasteiger partial charge in [0, 0.05) is 18.5 Å². The van der Waals surface area contributed by atoms with Gasteiger partial charge in [0.2, 0.25) is 0 Å². The van der Waals surface area contributed by atoms with Gasteiger partial charge in [0.25, 0.3) is 0 Å². The van der Waals surface area contributed by atoms with Crippen LogP contribution in [0.2, 0.25) is 0 Å². The molecular weight excluding hydrogens is 214 g/mol. The van der Waals surface area contributed by atoms with Crippen LogP contribution in [0.3, 0.4) is 0 Å². The number of aliphatic carboxylic acids is 1. The Morgan fingerprint density at radius 2 is 1.94 bits per heavy atom. The zero-order valence-electron chi connectivity index (χ0n) is 11.1. The van der Waals surface area contributed by atoms with E-state index in [1.165, 1.54) is 38.5 Å². The van der Waals surface area contributed by atoms with Gasteiger partial charge in [0.15, 0.2) is 0 Å². The quantitative estimate of drug-likeness (QED) is 0.641. The Labute approximate surface area is 105 Å². The van der Waals surface area contributed by atoms with Gasteiger partial charge in [0.1, 0.15) is 0 Å². The van der Waals surface area contributed by atoms with Crippen molar-refractivity contribution in [2.75, 3.05) is 0 Å². The summed E-state index contributed by atoms with van der Waals surface area (Å²) in [6.45, 7) is 2.26. The van der Waals surface area contributed by atoms with Crippen molar-refractivity contribution >= 4 is 5.97 Å². The highest BCUT2D eigenvalue weighted by atomic mass is 16.4. The van der Waals surface area contributed by atoms with Crippen LogP contribution in [0.1, 0.15) is 71.1 Å². The van der Waals surface area contributed by atoms with Crippen LogP contribution in [-0.2, 0) is 4.79 Å². The van der Waals surface area contributed by atoms with E-state index < -0.39 is 5.97 Å². The Morgan fingerprint density at radius 3 is 2.59 bits per heavy atom. The molecule has 1 unspecified atom stereocenters. The zero-order chi connectivity index (χ0) is 12.5. The summed E-state index contributed by atoms with van der Waals surface area (Å²) in [5.74, 6) is -0.668. The SMILES string of the molecule is CC(CCCCCC(=O)O)NC1CCCCC1. The third kappa shape index (κ3) is 7.37. The van der Waals surface area contributed by atoms with Gasteiger partial charge in [-0.05, 0) is 32.6 Å². The van der Waals surface area contributed by atoms with Crippen molar-refractivity contribution in [3.63, 3.8) is 0 Å². The molecule has 0 radical (unpaired) electrons. The summed E-state index contributed by atoms with van der Waals surface area (Å²) in [7, 11) is 0. The van der Waals surface area contributed by atoms with Crippen LogP contribution in [0, 0.1) is 0 Å². The lowest BCUT2D eigenvalue weighted by Crippen LogP contribution is -2.37. The van der Waals surface area contributed by atoms with Gasteiger partial charge in [-0.2, -0.15) is 0 Å². The van der Waals surface area contributed by atoms with Gasteiger partial charge >= 0.3 is 5.97 Å². The molecule has 1 saturated carbocycles. The fourth-order valence-corrected chi connectivity index (χ4v) is 2.66. The number of carboxylic acids is 1. The summed E-state index contributed by atoms with van der Waals surface area (Å²) in [5, 5.41) is 12.2. The second-order valence-electron chi connectivity index (χ2n) is 5.40. The largest absolute Gasteiger partial charge is 0.481 e. The Morgan fingerprint density at radius 1 is 1.24 bits per heavy atom. The van der Waals surface area contributed by atoms with Crippen LogP contribution in [0.5, 0.6) is 0 Å². The van der Waals surface area contributed by atoms with E-state index in [2.05, 4.69) is 12.2 Å². The fourth-order valence-electron chi connectivity index (χ4n) is 2.66. The molecule has 0 amide bonds. The van der Waals surface area contributed by atoms with Crippen molar-refractivity contribution in [3.05, 3.63) is 0 Å². The highest BCUT2D eigenvalue weighted by Crippen LogP contribution is 2.18. The minimum atomic E-state index is -0.668. The molecule has 1 aliphatic carbocycles.